The second-order valence-electron chi connectivity index (χ2n) is 6.48. The lowest BCUT2D eigenvalue weighted by Crippen LogP contribution is -2.03. The molecule has 0 amide bonds. The van der Waals surface area contributed by atoms with Gasteiger partial charge in [-0.2, -0.15) is 5.26 Å². The molecule has 0 aliphatic heterocycles. The largest absolute Gasteiger partial charge is 0.382 e. The summed E-state index contributed by atoms with van der Waals surface area (Å²) in [5.41, 5.74) is 7.29. The van der Waals surface area contributed by atoms with E-state index < -0.39 is 4.92 Å². The zero-order chi connectivity index (χ0) is 23.2. The molecule has 0 radical (unpaired) electrons. The first kappa shape index (κ1) is 20.9. The minimum absolute atomic E-state index is 0.00764. The first-order chi connectivity index (χ1) is 16.0. The van der Waals surface area contributed by atoms with Crippen LogP contribution >= 0.6 is 0 Å². The zero-order valence-electron chi connectivity index (χ0n) is 16.8. The number of nitrogen functional groups attached to an aromatic ring is 1. The maximum absolute atomic E-state index is 11.0. The van der Waals surface area contributed by atoms with Crippen LogP contribution in [0.5, 0.6) is 0 Å². The van der Waals surface area contributed by atoms with E-state index in [4.69, 9.17) is 5.73 Å². The summed E-state index contributed by atoms with van der Waals surface area (Å²) in [5, 5.41) is 31.6. The summed E-state index contributed by atoms with van der Waals surface area (Å²) in [6, 6.07) is 14.8. The fraction of sp³-hybridized carbons (Fsp3) is 0. The van der Waals surface area contributed by atoms with Crippen LogP contribution in [-0.4, -0.2) is 24.9 Å². The number of nitrogens with two attached hydrogens (primary N) is 1. The van der Waals surface area contributed by atoms with Crippen molar-refractivity contribution >= 4 is 34.4 Å². The van der Waals surface area contributed by atoms with Gasteiger partial charge in [0.25, 0.3) is 5.69 Å². The Hall–Kier alpha value is -5.31. The Morgan fingerprint density at radius 2 is 1.91 bits per heavy atom. The Bertz CT molecular complexity index is 1390. The number of nitrogens with one attached hydrogen (secondary N) is 1. The number of aromatic nitrogens is 4. The van der Waals surface area contributed by atoms with Gasteiger partial charge in [-0.25, -0.2) is 15.0 Å². The molecule has 2 aromatic heterocycles. The highest BCUT2D eigenvalue weighted by molar-refractivity contribution is 5.78. The van der Waals surface area contributed by atoms with E-state index in [9.17, 15) is 15.4 Å². The number of hydrogen-bond acceptors (Lipinski definition) is 11. The molecule has 0 saturated carbocycles. The summed E-state index contributed by atoms with van der Waals surface area (Å²) >= 11 is 0. The van der Waals surface area contributed by atoms with E-state index in [0.29, 0.717) is 11.4 Å². The lowest BCUT2D eigenvalue weighted by atomic mass is 10.2. The van der Waals surface area contributed by atoms with E-state index in [1.165, 1.54) is 30.7 Å². The van der Waals surface area contributed by atoms with Gasteiger partial charge >= 0.3 is 0 Å². The van der Waals surface area contributed by atoms with Crippen molar-refractivity contribution in [3.8, 4) is 17.6 Å². The van der Waals surface area contributed by atoms with Gasteiger partial charge in [0, 0.05) is 30.2 Å². The van der Waals surface area contributed by atoms with Gasteiger partial charge in [0.15, 0.2) is 23.1 Å². The molecule has 12 heteroatoms. The summed E-state index contributed by atoms with van der Waals surface area (Å²) in [5.74, 6) is 0.484. The first-order valence-electron chi connectivity index (χ1n) is 9.41. The molecule has 2 heterocycles. The average molecular weight is 438 g/mol. The molecule has 3 N–H and O–H groups in total. The second kappa shape index (κ2) is 9.23. The van der Waals surface area contributed by atoms with Crippen LogP contribution in [0, 0.1) is 21.4 Å². The van der Waals surface area contributed by atoms with Gasteiger partial charge in [0.2, 0.25) is 0 Å². The van der Waals surface area contributed by atoms with Crippen molar-refractivity contribution in [1.29, 1.82) is 5.26 Å². The van der Waals surface area contributed by atoms with Crippen LogP contribution in [-0.2, 0) is 0 Å². The third-order valence-electron chi connectivity index (χ3n) is 4.31. The van der Waals surface area contributed by atoms with Crippen LogP contribution in [0.4, 0.5) is 34.4 Å². The standard InChI is InChI=1S/C21H14N10O2/c22-11-13-10-15(31(32)33)6-7-16(13)29-30-18-19(23)27-20(17-12-24-8-9-25-17)28-21(18)26-14-4-2-1-3-5-14/h1-10,12H,(H3,23,26,27,28)/b30-29+. The van der Waals surface area contributed by atoms with Crippen LogP contribution < -0.4 is 11.1 Å². The fourth-order valence-electron chi connectivity index (χ4n) is 2.76. The summed E-state index contributed by atoms with van der Waals surface area (Å²) in [4.78, 5) is 27.3. The van der Waals surface area contributed by atoms with Gasteiger partial charge in [0.05, 0.1) is 16.7 Å². The normalized spacial score (nSPS) is 10.6. The minimum atomic E-state index is -0.597. The number of hydrogen-bond donors (Lipinski definition) is 2. The molecule has 0 unspecified atom stereocenters. The smallest absolute Gasteiger partial charge is 0.270 e. The lowest BCUT2D eigenvalue weighted by molar-refractivity contribution is -0.384. The van der Waals surface area contributed by atoms with Crippen LogP contribution in [0.25, 0.3) is 11.5 Å². The minimum Gasteiger partial charge on any atom is -0.382 e. The van der Waals surface area contributed by atoms with Crippen molar-refractivity contribution in [3.05, 3.63) is 82.8 Å². The Morgan fingerprint density at radius 3 is 2.61 bits per heavy atom. The number of azo groups is 1. The van der Waals surface area contributed by atoms with Crippen LogP contribution in [0.3, 0.4) is 0 Å². The summed E-state index contributed by atoms with van der Waals surface area (Å²) in [6.45, 7) is 0. The highest BCUT2D eigenvalue weighted by Crippen LogP contribution is 2.35. The van der Waals surface area contributed by atoms with E-state index in [1.807, 2.05) is 36.4 Å². The van der Waals surface area contributed by atoms with E-state index in [-0.39, 0.29) is 40.1 Å². The van der Waals surface area contributed by atoms with Gasteiger partial charge in [-0.05, 0) is 18.2 Å². The molecule has 33 heavy (non-hydrogen) atoms. The van der Waals surface area contributed by atoms with Crippen molar-refractivity contribution in [1.82, 2.24) is 19.9 Å². The first-order valence-corrected chi connectivity index (χ1v) is 9.41. The Kier molecular flexibility index (Phi) is 5.86. The van der Waals surface area contributed by atoms with Crippen molar-refractivity contribution in [2.24, 2.45) is 10.2 Å². The molecule has 0 fully saturated rings. The molecule has 0 saturated heterocycles. The van der Waals surface area contributed by atoms with Gasteiger partial charge in [-0.1, -0.05) is 18.2 Å². The third kappa shape index (κ3) is 4.72. The number of nitro benzene ring substituents is 1. The highest BCUT2D eigenvalue weighted by atomic mass is 16.6. The monoisotopic (exact) mass is 438 g/mol. The van der Waals surface area contributed by atoms with Crippen LogP contribution in [0.1, 0.15) is 5.56 Å². The Labute approximate surface area is 186 Å². The van der Waals surface area contributed by atoms with Gasteiger partial charge < -0.3 is 11.1 Å². The molecule has 0 spiro atoms. The van der Waals surface area contributed by atoms with E-state index in [1.54, 1.807) is 0 Å². The van der Waals surface area contributed by atoms with E-state index in [2.05, 4.69) is 35.5 Å². The van der Waals surface area contributed by atoms with Gasteiger partial charge in [-0.15, -0.1) is 10.2 Å². The second-order valence-corrected chi connectivity index (χ2v) is 6.48. The molecule has 12 nitrogen and oxygen atoms in total. The third-order valence-corrected chi connectivity index (χ3v) is 4.31. The van der Waals surface area contributed by atoms with Crippen molar-refractivity contribution < 1.29 is 4.92 Å². The predicted molar refractivity (Wildman–Crippen MR) is 119 cm³/mol. The van der Waals surface area contributed by atoms with Gasteiger partial charge in [-0.3, -0.25) is 15.1 Å². The number of para-hydroxylation sites is 1. The molecule has 0 aliphatic rings. The summed E-state index contributed by atoms with van der Waals surface area (Å²) in [7, 11) is 0. The van der Waals surface area contributed by atoms with Gasteiger partial charge in [0.1, 0.15) is 17.5 Å². The Balaban J connectivity index is 1.79. The Morgan fingerprint density at radius 1 is 1.09 bits per heavy atom. The average Bonchev–Trinajstić information content (AvgIpc) is 2.84. The highest BCUT2D eigenvalue weighted by Gasteiger charge is 2.16. The molecule has 4 aromatic rings. The van der Waals surface area contributed by atoms with E-state index >= 15 is 0 Å². The summed E-state index contributed by atoms with van der Waals surface area (Å²) in [6.07, 6.45) is 4.53. The molecule has 0 atom stereocenters. The number of nitrogens with zero attached hydrogens (tertiary/aromatic N) is 8. The van der Waals surface area contributed by atoms with Crippen molar-refractivity contribution in [2.75, 3.05) is 11.1 Å². The zero-order valence-corrected chi connectivity index (χ0v) is 16.8. The molecule has 0 bridgehead atoms. The number of benzene rings is 2. The molecule has 160 valence electrons. The van der Waals surface area contributed by atoms with Crippen LogP contribution in [0.15, 0.2) is 77.3 Å². The number of non-ortho nitro benzene ring substituents is 1. The SMILES string of the molecule is N#Cc1cc([N+](=O)[O-])ccc1/N=N/c1c(N)nc(-c2cnccn2)nc1Nc1ccccc1. The number of rotatable bonds is 6. The molecular formula is C21H14N10O2. The number of nitriles is 1. The maximum Gasteiger partial charge on any atom is 0.270 e. The topological polar surface area (TPSA) is 181 Å². The molecule has 2 aromatic carbocycles. The molecule has 0 aliphatic carbocycles. The predicted octanol–water partition coefficient (Wildman–Crippen LogP) is 4.45. The van der Waals surface area contributed by atoms with Crippen molar-refractivity contribution in [3.63, 3.8) is 0 Å². The molecule has 4 rings (SSSR count). The lowest BCUT2D eigenvalue weighted by Gasteiger charge is -2.11. The number of anilines is 3. The number of nitro groups is 1. The van der Waals surface area contributed by atoms with Crippen molar-refractivity contribution in [2.45, 2.75) is 0 Å². The quantitative estimate of drug-likeness (QED) is 0.249. The molecular weight excluding hydrogens is 424 g/mol. The van der Waals surface area contributed by atoms with E-state index in [0.717, 1.165) is 6.07 Å². The summed E-state index contributed by atoms with van der Waals surface area (Å²) < 4.78 is 0. The fourth-order valence-corrected chi connectivity index (χ4v) is 2.76. The maximum atomic E-state index is 11.0. The van der Waals surface area contributed by atoms with Crippen LogP contribution in [0.2, 0.25) is 0 Å².